The number of carbonyl (C=O) groups is 2. The van der Waals surface area contributed by atoms with E-state index in [9.17, 15) is 9.59 Å². The Kier molecular flexibility index (Phi) is 6.84. The Balaban J connectivity index is 1.19. The van der Waals surface area contributed by atoms with Crippen molar-refractivity contribution in [3.63, 3.8) is 0 Å². The van der Waals surface area contributed by atoms with Crippen molar-refractivity contribution in [2.45, 2.75) is 13.5 Å². The quantitative estimate of drug-likeness (QED) is 0.410. The fraction of sp³-hybridized carbons (Fsp3) is 0.160. The molecule has 2 N–H and O–H groups in total. The van der Waals surface area contributed by atoms with Gasteiger partial charge < -0.3 is 19.5 Å². The van der Waals surface area contributed by atoms with Gasteiger partial charge in [-0.05, 0) is 60.5 Å². The Hall–Kier alpha value is -4.33. The molecule has 0 radical (unpaired) electrons. The minimum absolute atomic E-state index is 0.129. The molecule has 3 aromatic carbocycles. The standard InChI is InChI=1S/C25H23N3O5/c1-17-2-4-19(5-3-17)15-31-21-9-6-18(7-10-21)13-27-28-24(29)14-26-25(30)20-8-11-22-23(12-20)33-16-32-22/h2-13H,14-16H2,1H3,(H,26,30)(H,28,29)/b27-13+. The van der Waals surface area contributed by atoms with Crippen LogP contribution in [-0.2, 0) is 11.4 Å². The van der Waals surface area contributed by atoms with Crippen molar-refractivity contribution in [2.24, 2.45) is 5.10 Å². The molecule has 0 saturated heterocycles. The summed E-state index contributed by atoms with van der Waals surface area (Å²) in [5.74, 6) is 0.989. The van der Waals surface area contributed by atoms with Crippen molar-refractivity contribution in [3.8, 4) is 17.2 Å². The molecule has 0 spiro atoms. The molecule has 1 aliphatic rings. The number of benzene rings is 3. The van der Waals surface area contributed by atoms with E-state index < -0.39 is 11.8 Å². The number of amides is 2. The van der Waals surface area contributed by atoms with Gasteiger partial charge in [0.25, 0.3) is 11.8 Å². The molecule has 0 bridgehead atoms. The van der Waals surface area contributed by atoms with Gasteiger partial charge in [0.15, 0.2) is 11.5 Å². The molecule has 2 amide bonds. The molecular weight excluding hydrogens is 422 g/mol. The molecule has 3 aromatic rings. The van der Waals surface area contributed by atoms with E-state index in [-0.39, 0.29) is 13.3 Å². The molecule has 0 atom stereocenters. The van der Waals surface area contributed by atoms with Crippen LogP contribution in [0.2, 0.25) is 0 Å². The largest absolute Gasteiger partial charge is 0.489 e. The van der Waals surface area contributed by atoms with Crippen molar-refractivity contribution in [3.05, 3.63) is 89.0 Å². The molecule has 8 nitrogen and oxygen atoms in total. The number of rotatable bonds is 8. The molecule has 8 heteroatoms. The van der Waals surface area contributed by atoms with E-state index in [0.29, 0.717) is 23.7 Å². The van der Waals surface area contributed by atoms with Crippen LogP contribution in [0, 0.1) is 6.92 Å². The number of nitrogens with zero attached hydrogens (tertiary/aromatic N) is 1. The Morgan fingerprint density at radius 3 is 2.55 bits per heavy atom. The zero-order valence-electron chi connectivity index (χ0n) is 18.0. The maximum absolute atomic E-state index is 12.2. The lowest BCUT2D eigenvalue weighted by molar-refractivity contribution is -0.120. The third kappa shape index (κ3) is 6.10. The lowest BCUT2D eigenvalue weighted by Crippen LogP contribution is -2.34. The Morgan fingerprint density at radius 1 is 1.00 bits per heavy atom. The molecule has 1 heterocycles. The van der Waals surface area contributed by atoms with E-state index in [0.717, 1.165) is 16.9 Å². The van der Waals surface area contributed by atoms with E-state index in [2.05, 4.69) is 28.0 Å². The average molecular weight is 445 g/mol. The number of hydrogen-bond acceptors (Lipinski definition) is 6. The topological polar surface area (TPSA) is 98.2 Å². The molecular formula is C25H23N3O5. The SMILES string of the molecule is Cc1ccc(COc2ccc(/C=N/NC(=O)CNC(=O)c3ccc4c(c3)OCO4)cc2)cc1. The molecule has 0 fully saturated rings. The second-order valence-electron chi connectivity index (χ2n) is 7.39. The molecule has 168 valence electrons. The van der Waals surface area contributed by atoms with Gasteiger partial charge in [0.05, 0.1) is 12.8 Å². The fourth-order valence-corrected chi connectivity index (χ4v) is 3.02. The molecule has 0 aromatic heterocycles. The van der Waals surface area contributed by atoms with Crippen LogP contribution in [0.3, 0.4) is 0 Å². The number of ether oxygens (including phenoxy) is 3. The van der Waals surface area contributed by atoms with Gasteiger partial charge in [-0.25, -0.2) is 5.43 Å². The van der Waals surface area contributed by atoms with Crippen LogP contribution in [0.15, 0.2) is 71.8 Å². The summed E-state index contributed by atoms with van der Waals surface area (Å²) in [4.78, 5) is 24.1. The maximum Gasteiger partial charge on any atom is 0.259 e. The normalized spacial score (nSPS) is 11.9. The van der Waals surface area contributed by atoms with Crippen LogP contribution >= 0.6 is 0 Å². The van der Waals surface area contributed by atoms with Crippen molar-refractivity contribution in [2.75, 3.05) is 13.3 Å². The third-order valence-corrected chi connectivity index (χ3v) is 4.85. The van der Waals surface area contributed by atoms with Gasteiger partial charge in [-0.1, -0.05) is 29.8 Å². The van der Waals surface area contributed by atoms with E-state index >= 15 is 0 Å². The summed E-state index contributed by atoms with van der Waals surface area (Å²) >= 11 is 0. The number of hydrogen-bond donors (Lipinski definition) is 2. The summed E-state index contributed by atoms with van der Waals surface area (Å²) in [5, 5.41) is 6.46. The smallest absolute Gasteiger partial charge is 0.259 e. The lowest BCUT2D eigenvalue weighted by atomic mass is 10.2. The highest BCUT2D eigenvalue weighted by Crippen LogP contribution is 2.32. The van der Waals surface area contributed by atoms with E-state index in [1.165, 1.54) is 11.8 Å². The molecule has 0 unspecified atom stereocenters. The predicted octanol–water partition coefficient (Wildman–Crippen LogP) is 3.18. The molecule has 0 aliphatic carbocycles. The monoisotopic (exact) mass is 445 g/mol. The van der Waals surface area contributed by atoms with Gasteiger partial charge in [-0.15, -0.1) is 0 Å². The average Bonchev–Trinajstić information content (AvgIpc) is 3.31. The molecule has 0 saturated carbocycles. The van der Waals surface area contributed by atoms with Gasteiger partial charge >= 0.3 is 0 Å². The van der Waals surface area contributed by atoms with Crippen molar-refractivity contribution >= 4 is 18.0 Å². The van der Waals surface area contributed by atoms with E-state index in [1.807, 2.05) is 43.3 Å². The first kappa shape index (κ1) is 21.9. The molecule has 1 aliphatic heterocycles. The minimum Gasteiger partial charge on any atom is -0.489 e. The van der Waals surface area contributed by atoms with Crippen LogP contribution in [-0.4, -0.2) is 31.4 Å². The highest BCUT2D eigenvalue weighted by Gasteiger charge is 2.16. The second kappa shape index (κ2) is 10.3. The first-order chi connectivity index (χ1) is 16.1. The highest BCUT2D eigenvalue weighted by molar-refractivity contribution is 5.97. The summed E-state index contributed by atoms with van der Waals surface area (Å²) in [6.45, 7) is 2.45. The summed E-state index contributed by atoms with van der Waals surface area (Å²) in [5.41, 5.74) is 5.86. The number of nitrogens with one attached hydrogen (secondary N) is 2. The predicted molar refractivity (Wildman–Crippen MR) is 123 cm³/mol. The fourth-order valence-electron chi connectivity index (χ4n) is 3.02. The Morgan fingerprint density at radius 2 is 1.76 bits per heavy atom. The van der Waals surface area contributed by atoms with E-state index in [4.69, 9.17) is 14.2 Å². The Labute approximate surface area is 191 Å². The molecule has 4 rings (SSSR count). The van der Waals surface area contributed by atoms with E-state index in [1.54, 1.807) is 18.2 Å². The van der Waals surface area contributed by atoms with Crippen molar-refractivity contribution in [1.29, 1.82) is 0 Å². The van der Waals surface area contributed by atoms with Crippen LogP contribution in [0.25, 0.3) is 0 Å². The zero-order valence-corrected chi connectivity index (χ0v) is 18.0. The summed E-state index contributed by atoms with van der Waals surface area (Å²) in [7, 11) is 0. The third-order valence-electron chi connectivity index (χ3n) is 4.85. The van der Waals surface area contributed by atoms with Crippen LogP contribution in [0.1, 0.15) is 27.0 Å². The highest BCUT2D eigenvalue weighted by atomic mass is 16.7. The first-order valence-corrected chi connectivity index (χ1v) is 10.3. The zero-order chi connectivity index (χ0) is 23.0. The number of hydrazone groups is 1. The minimum atomic E-state index is -0.446. The van der Waals surface area contributed by atoms with Gasteiger partial charge in [0.2, 0.25) is 6.79 Å². The van der Waals surface area contributed by atoms with Gasteiger partial charge in [-0.2, -0.15) is 5.10 Å². The number of fused-ring (bicyclic) bond motifs is 1. The van der Waals surface area contributed by atoms with Gasteiger partial charge in [0.1, 0.15) is 12.4 Å². The summed E-state index contributed by atoms with van der Waals surface area (Å²) in [6.07, 6.45) is 1.52. The van der Waals surface area contributed by atoms with Crippen LogP contribution in [0.5, 0.6) is 17.2 Å². The lowest BCUT2D eigenvalue weighted by Gasteiger charge is -2.07. The van der Waals surface area contributed by atoms with Gasteiger partial charge in [0, 0.05) is 5.56 Å². The molecule has 33 heavy (non-hydrogen) atoms. The maximum atomic E-state index is 12.2. The Bertz CT molecular complexity index is 1160. The number of carbonyl (C=O) groups excluding carboxylic acids is 2. The summed E-state index contributed by atoms with van der Waals surface area (Å²) in [6, 6.07) is 20.3. The summed E-state index contributed by atoms with van der Waals surface area (Å²) < 4.78 is 16.2. The first-order valence-electron chi connectivity index (χ1n) is 10.3. The van der Waals surface area contributed by atoms with Crippen molar-refractivity contribution in [1.82, 2.24) is 10.7 Å². The van der Waals surface area contributed by atoms with Crippen LogP contribution < -0.4 is 25.0 Å². The van der Waals surface area contributed by atoms with Crippen molar-refractivity contribution < 1.29 is 23.8 Å². The number of aryl methyl sites for hydroxylation is 1. The van der Waals surface area contributed by atoms with Crippen LogP contribution in [0.4, 0.5) is 0 Å². The second-order valence-corrected chi connectivity index (χ2v) is 7.39. The van der Waals surface area contributed by atoms with Gasteiger partial charge in [-0.3, -0.25) is 9.59 Å².